The summed E-state index contributed by atoms with van der Waals surface area (Å²) < 4.78 is 1.02. The molecule has 0 spiro atoms. The number of rotatable bonds is 1. The van der Waals surface area contributed by atoms with E-state index in [0.717, 1.165) is 34.3 Å². The number of amides is 1. The summed E-state index contributed by atoms with van der Waals surface area (Å²) in [6.45, 7) is 0. The fourth-order valence-corrected chi connectivity index (χ4v) is 4.44. The number of carbonyl (C=O) groups excluding carboxylic acids is 1. The largest absolute Gasteiger partial charge is 0.332 e. The standard InChI is InChI=1S/C12H15BrN2OS/c13-11-4-3-10(17-11)12(16)15-8-1-2-9(15)6-7(14)5-8/h3-4,7-9H,1-2,5-6,14H2. The minimum absolute atomic E-state index is 0.195. The lowest BCUT2D eigenvalue weighted by molar-refractivity contribution is 0.0580. The van der Waals surface area contributed by atoms with Gasteiger partial charge in [0.1, 0.15) is 0 Å². The fraction of sp³-hybridized carbons (Fsp3) is 0.583. The molecule has 1 aromatic rings. The van der Waals surface area contributed by atoms with Crippen molar-refractivity contribution in [1.29, 1.82) is 0 Å². The number of hydrogen-bond donors (Lipinski definition) is 1. The molecule has 1 aromatic heterocycles. The summed E-state index contributed by atoms with van der Waals surface area (Å²) in [5.41, 5.74) is 6.02. The van der Waals surface area contributed by atoms with Gasteiger partial charge in [0.2, 0.25) is 0 Å². The zero-order valence-corrected chi connectivity index (χ0v) is 11.8. The molecule has 3 nitrogen and oxygen atoms in total. The zero-order valence-electron chi connectivity index (χ0n) is 9.43. The number of hydrogen-bond acceptors (Lipinski definition) is 3. The minimum Gasteiger partial charge on any atom is -0.332 e. The molecule has 2 N–H and O–H groups in total. The van der Waals surface area contributed by atoms with Gasteiger partial charge in [0.05, 0.1) is 8.66 Å². The van der Waals surface area contributed by atoms with Crippen LogP contribution in [-0.4, -0.2) is 28.9 Å². The van der Waals surface area contributed by atoms with Gasteiger partial charge in [0.25, 0.3) is 5.91 Å². The highest BCUT2D eigenvalue weighted by Gasteiger charge is 2.42. The molecular formula is C12H15BrN2OS. The molecule has 92 valence electrons. The molecule has 2 fully saturated rings. The zero-order chi connectivity index (χ0) is 12.0. The molecule has 3 rings (SSSR count). The first-order valence-corrected chi connectivity index (χ1v) is 7.59. The number of piperidine rings is 1. The van der Waals surface area contributed by atoms with Crippen molar-refractivity contribution in [3.63, 3.8) is 0 Å². The Morgan fingerprint density at radius 1 is 1.35 bits per heavy atom. The van der Waals surface area contributed by atoms with E-state index >= 15 is 0 Å². The lowest BCUT2D eigenvalue weighted by Gasteiger charge is -2.37. The lowest BCUT2D eigenvalue weighted by Crippen LogP contribution is -2.49. The van der Waals surface area contributed by atoms with Crippen LogP contribution in [0.1, 0.15) is 35.4 Å². The van der Waals surface area contributed by atoms with E-state index < -0.39 is 0 Å². The molecule has 2 bridgehead atoms. The lowest BCUT2D eigenvalue weighted by atomic mass is 9.98. The quantitative estimate of drug-likeness (QED) is 0.866. The first kappa shape index (κ1) is 11.7. The monoisotopic (exact) mass is 314 g/mol. The molecule has 2 saturated heterocycles. The second-order valence-electron chi connectivity index (χ2n) is 4.93. The van der Waals surface area contributed by atoms with Crippen molar-refractivity contribution in [3.05, 3.63) is 20.8 Å². The van der Waals surface area contributed by atoms with Crippen LogP contribution >= 0.6 is 27.3 Å². The van der Waals surface area contributed by atoms with Gasteiger partial charge in [-0.25, -0.2) is 0 Å². The first-order valence-electron chi connectivity index (χ1n) is 5.98. The van der Waals surface area contributed by atoms with Crippen LogP contribution in [0.3, 0.4) is 0 Å². The Labute approximate surface area is 113 Å². The van der Waals surface area contributed by atoms with E-state index in [1.165, 1.54) is 11.3 Å². The topological polar surface area (TPSA) is 46.3 Å². The van der Waals surface area contributed by atoms with Crippen LogP contribution in [0.25, 0.3) is 0 Å². The molecule has 0 saturated carbocycles. The number of fused-ring (bicyclic) bond motifs is 2. The van der Waals surface area contributed by atoms with Gasteiger partial charge in [-0.2, -0.15) is 0 Å². The van der Waals surface area contributed by atoms with Crippen molar-refractivity contribution in [2.75, 3.05) is 0 Å². The Morgan fingerprint density at radius 2 is 2.00 bits per heavy atom. The highest BCUT2D eigenvalue weighted by atomic mass is 79.9. The Balaban J connectivity index is 1.83. The average Bonchev–Trinajstić information content (AvgIpc) is 2.81. The Bertz CT molecular complexity index is 433. The van der Waals surface area contributed by atoms with Crippen molar-refractivity contribution < 1.29 is 4.79 Å². The maximum atomic E-state index is 12.5. The third-order valence-corrected chi connectivity index (χ3v) is 5.40. The summed E-state index contributed by atoms with van der Waals surface area (Å²) in [5, 5.41) is 0. The van der Waals surface area contributed by atoms with E-state index in [9.17, 15) is 4.79 Å². The summed E-state index contributed by atoms with van der Waals surface area (Å²) in [6, 6.07) is 4.88. The number of nitrogens with two attached hydrogens (primary N) is 1. The van der Waals surface area contributed by atoms with Gasteiger partial charge in [-0.05, 0) is 53.7 Å². The Morgan fingerprint density at radius 3 is 2.53 bits per heavy atom. The van der Waals surface area contributed by atoms with Crippen molar-refractivity contribution in [2.45, 2.75) is 43.8 Å². The minimum atomic E-state index is 0.195. The number of nitrogens with zero attached hydrogens (tertiary/aromatic N) is 1. The summed E-state index contributed by atoms with van der Waals surface area (Å²) in [6.07, 6.45) is 4.18. The van der Waals surface area contributed by atoms with E-state index in [2.05, 4.69) is 20.8 Å². The van der Waals surface area contributed by atoms with Crippen molar-refractivity contribution in [1.82, 2.24) is 4.90 Å². The maximum absolute atomic E-state index is 12.5. The predicted octanol–water partition coefficient (Wildman–Crippen LogP) is 2.60. The Kier molecular flexibility index (Phi) is 3.00. The molecular weight excluding hydrogens is 300 g/mol. The van der Waals surface area contributed by atoms with Gasteiger partial charge in [0, 0.05) is 18.1 Å². The van der Waals surface area contributed by atoms with E-state index in [1.54, 1.807) is 0 Å². The van der Waals surface area contributed by atoms with Gasteiger partial charge in [0.15, 0.2) is 0 Å². The molecule has 17 heavy (non-hydrogen) atoms. The van der Waals surface area contributed by atoms with Crippen LogP contribution in [-0.2, 0) is 0 Å². The normalized spacial score (nSPS) is 31.9. The van der Waals surface area contributed by atoms with Crippen LogP contribution in [0.4, 0.5) is 0 Å². The summed E-state index contributed by atoms with van der Waals surface area (Å²) >= 11 is 4.92. The number of carbonyl (C=O) groups is 1. The van der Waals surface area contributed by atoms with E-state index in [0.29, 0.717) is 12.1 Å². The van der Waals surface area contributed by atoms with Gasteiger partial charge in [-0.1, -0.05) is 0 Å². The number of thiophene rings is 1. The summed E-state index contributed by atoms with van der Waals surface area (Å²) in [4.78, 5) is 15.4. The van der Waals surface area contributed by atoms with E-state index in [-0.39, 0.29) is 11.9 Å². The maximum Gasteiger partial charge on any atom is 0.264 e. The Hall–Kier alpha value is -0.390. The van der Waals surface area contributed by atoms with Gasteiger partial charge >= 0.3 is 0 Å². The molecule has 0 radical (unpaired) electrons. The van der Waals surface area contributed by atoms with Crippen molar-refractivity contribution >= 4 is 33.2 Å². The molecule has 2 aliphatic rings. The first-order chi connectivity index (χ1) is 8.15. The molecule has 0 aromatic carbocycles. The van der Waals surface area contributed by atoms with Crippen LogP contribution in [0.2, 0.25) is 0 Å². The van der Waals surface area contributed by atoms with Crippen molar-refractivity contribution in [3.8, 4) is 0 Å². The highest BCUT2D eigenvalue weighted by molar-refractivity contribution is 9.11. The summed E-state index contributed by atoms with van der Waals surface area (Å²) in [5.74, 6) is 0.195. The molecule has 2 aliphatic heterocycles. The van der Waals surface area contributed by atoms with Crippen LogP contribution in [0, 0.1) is 0 Å². The number of halogens is 1. The molecule has 3 heterocycles. The second-order valence-corrected chi connectivity index (χ2v) is 7.40. The van der Waals surface area contributed by atoms with Crippen LogP contribution < -0.4 is 5.73 Å². The summed E-state index contributed by atoms with van der Waals surface area (Å²) in [7, 11) is 0. The highest BCUT2D eigenvalue weighted by Crippen LogP contribution is 2.37. The predicted molar refractivity (Wildman–Crippen MR) is 72.2 cm³/mol. The van der Waals surface area contributed by atoms with Crippen molar-refractivity contribution in [2.24, 2.45) is 5.73 Å². The SMILES string of the molecule is NC1CC2CCC(C1)N2C(=O)c1ccc(Br)s1. The third-order valence-electron chi connectivity index (χ3n) is 3.79. The molecule has 5 heteroatoms. The van der Waals surface area contributed by atoms with E-state index in [4.69, 9.17) is 5.73 Å². The van der Waals surface area contributed by atoms with E-state index in [1.807, 2.05) is 12.1 Å². The van der Waals surface area contributed by atoms with Gasteiger partial charge in [-0.3, -0.25) is 4.79 Å². The third kappa shape index (κ3) is 2.04. The average molecular weight is 315 g/mol. The smallest absolute Gasteiger partial charge is 0.264 e. The van der Waals surface area contributed by atoms with Gasteiger partial charge in [-0.15, -0.1) is 11.3 Å². The van der Waals surface area contributed by atoms with Crippen LogP contribution in [0.5, 0.6) is 0 Å². The molecule has 1 amide bonds. The van der Waals surface area contributed by atoms with Crippen LogP contribution in [0.15, 0.2) is 15.9 Å². The molecule has 0 aliphatic carbocycles. The van der Waals surface area contributed by atoms with Gasteiger partial charge < -0.3 is 10.6 Å². The molecule has 2 unspecified atom stereocenters. The molecule has 2 atom stereocenters. The second kappa shape index (κ2) is 4.37. The fourth-order valence-electron chi connectivity index (χ4n) is 3.11.